The van der Waals surface area contributed by atoms with Crippen molar-refractivity contribution in [3.8, 4) is 44.5 Å². The van der Waals surface area contributed by atoms with Gasteiger partial charge in [-0.05, 0) is 95.0 Å². The molecule has 0 amide bonds. The summed E-state index contributed by atoms with van der Waals surface area (Å²) in [4.78, 5) is 0. The highest BCUT2D eigenvalue weighted by molar-refractivity contribution is 7.25. The van der Waals surface area contributed by atoms with Gasteiger partial charge >= 0.3 is 0 Å². The number of thiophene rings is 1. The summed E-state index contributed by atoms with van der Waals surface area (Å²) >= 11 is 1.71. The molecule has 0 fully saturated rings. The van der Waals surface area contributed by atoms with Crippen LogP contribution in [0.5, 0.6) is 0 Å². The van der Waals surface area contributed by atoms with Crippen LogP contribution < -0.4 is 0 Å². The molecule has 0 saturated heterocycles. The van der Waals surface area contributed by atoms with Crippen LogP contribution in [0.2, 0.25) is 0 Å². The Morgan fingerprint density at radius 1 is 0.367 bits per heavy atom. The van der Waals surface area contributed by atoms with E-state index in [2.05, 4.69) is 146 Å². The summed E-state index contributed by atoms with van der Waals surface area (Å²) < 4.78 is 18.8. The Morgan fingerprint density at radius 2 is 0.918 bits per heavy atom. The summed E-state index contributed by atoms with van der Waals surface area (Å²) in [6, 6.07) is 61.5. The van der Waals surface area contributed by atoms with Gasteiger partial charge in [-0.15, -0.1) is 11.3 Å². The summed E-state index contributed by atoms with van der Waals surface area (Å²) in [7, 11) is 0. The number of hydrogen-bond donors (Lipinski definition) is 0. The van der Waals surface area contributed by atoms with Crippen LogP contribution in [0.1, 0.15) is 2.74 Å². The van der Waals surface area contributed by atoms with Gasteiger partial charge in [0.25, 0.3) is 0 Å². The second-order valence-corrected chi connectivity index (χ2v) is 13.7. The maximum Gasteiger partial charge on any atom is 0.0638 e. The minimum atomic E-state index is 0.534. The maximum absolute atomic E-state index is 8.62. The largest absolute Gasteiger partial charge is 0.135 e. The first-order valence-corrected chi connectivity index (χ1v) is 17.5. The van der Waals surface area contributed by atoms with Crippen molar-refractivity contribution in [1.82, 2.24) is 0 Å². The van der Waals surface area contributed by atoms with E-state index in [1.54, 1.807) is 11.3 Å². The average Bonchev–Trinajstić information content (AvgIpc) is 3.58. The highest BCUT2D eigenvalue weighted by Crippen LogP contribution is 2.45. The molecular formula is C48H30S. The SMILES string of the molecule is [2H]c1ccc2cc(-c3ccc(-c4c5ccccc5c(-c5ccc(-c6ccc([2H])c7sc8ccccc8c67)cc5)c5ccccc45)cc3)ccc2c1. The molecular weight excluding hydrogens is 609 g/mol. The molecule has 228 valence electrons. The summed E-state index contributed by atoms with van der Waals surface area (Å²) in [5.41, 5.74) is 9.54. The molecule has 1 aromatic heterocycles. The van der Waals surface area contributed by atoms with Gasteiger partial charge in [0.05, 0.1) is 2.74 Å². The third kappa shape index (κ3) is 4.58. The standard InChI is InChI=1S/C48H30S/c1-2-11-36-30-37(29-22-31(36)10-1)32-20-25-34(26-21-32)46-39-12-3-5-14-41(39)47(42-15-6-4-13-40(42)46)35-27-23-33(24-28-35)38-17-9-19-45-48(38)43-16-7-8-18-44(43)49-45/h1-30H/i1D,19D. The zero-order chi connectivity index (χ0) is 34.1. The summed E-state index contributed by atoms with van der Waals surface area (Å²) in [6.45, 7) is 0. The van der Waals surface area contributed by atoms with Crippen molar-refractivity contribution in [2.24, 2.45) is 0 Å². The van der Waals surface area contributed by atoms with E-state index in [0.29, 0.717) is 12.1 Å². The lowest BCUT2D eigenvalue weighted by molar-refractivity contribution is 1.62. The molecule has 0 bridgehead atoms. The maximum atomic E-state index is 8.62. The van der Waals surface area contributed by atoms with Gasteiger partial charge in [-0.2, -0.15) is 0 Å². The van der Waals surface area contributed by atoms with E-state index in [0.717, 1.165) is 21.0 Å². The summed E-state index contributed by atoms with van der Waals surface area (Å²) in [5.74, 6) is 0. The molecule has 0 spiro atoms. The van der Waals surface area contributed by atoms with Crippen molar-refractivity contribution in [2.75, 3.05) is 0 Å². The molecule has 0 aliphatic carbocycles. The van der Waals surface area contributed by atoms with E-state index in [-0.39, 0.29) is 0 Å². The molecule has 0 unspecified atom stereocenters. The molecule has 0 aliphatic heterocycles. The zero-order valence-electron chi connectivity index (χ0n) is 28.6. The highest BCUT2D eigenvalue weighted by Gasteiger charge is 2.17. The fourth-order valence-electron chi connectivity index (χ4n) is 7.64. The predicted molar refractivity (Wildman–Crippen MR) is 214 cm³/mol. The van der Waals surface area contributed by atoms with Gasteiger partial charge in [0.15, 0.2) is 0 Å². The molecule has 1 heteroatoms. The van der Waals surface area contributed by atoms with Gasteiger partial charge in [-0.25, -0.2) is 0 Å². The van der Waals surface area contributed by atoms with Gasteiger partial charge in [-0.3, -0.25) is 0 Å². The lowest BCUT2D eigenvalue weighted by Gasteiger charge is -2.18. The van der Waals surface area contributed by atoms with Crippen molar-refractivity contribution < 1.29 is 2.74 Å². The molecule has 0 aliphatic rings. The summed E-state index contributed by atoms with van der Waals surface area (Å²) in [6.07, 6.45) is 0. The first-order valence-electron chi connectivity index (χ1n) is 17.7. The Hall–Kier alpha value is -6.02. The van der Waals surface area contributed by atoms with Crippen LogP contribution in [0.25, 0.3) is 97.0 Å². The van der Waals surface area contributed by atoms with E-state index in [1.165, 1.54) is 76.0 Å². The molecule has 49 heavy (non-hydrogen) atoms. The Balaban J connectivity index is 1.10. The number of rotatable bonds is 4. The fraction of sp³-hybridized carbons (Fsp3) is 0. The number of fused-ring (bicyclic) bond motifs is 6. The van der Waals surface area contributed by atoms with E-state index in [4.69, 9.17) is 2.74 Å². The number of benzene rings is 9. The molecule has 0 N–H and O–H groups in total. The second kappa shape index (κ2) is 11.3. The minimum absolute atomic E-state index is 0.534. The Bertz CT molecular complexity index is 2910. The van der Waals surface area contributed by atoms with Gasteiger partial charge in [0.1, 0.15) is 0 Å². The van der Waals surface area contributed by atoms with Crippen LogP contribution in [0.3, 0.4) is 0 Å². The third-order valence-electron chi connectivity index (χ3n) is 9.94. The van der Waals surface area contributed by atoms with Gasteiger partial charge in [0.2, 0.25) is 0 Å². The van der Waals surface area contributed by atoms with Crippen molar-refractivity contribution in [3.63, 3.8) is 0 Å². The van der Waals surface area contributed by atoms with Crippen molar-refractivity contribution in [3.05, 3.63) is 182 Å². The van der Waals surface area contributed by atoms with Gasteiger partial charge in [-0.1, -0.05) is 164 Å². The highest BCUT2D eigenvalue weighted by atomic mass is 32.1. The molecule has 10 rings (SSSR count). The first-order chi connectivity index (χ1) is 25.1. The predicted octanol–water partition coefficient (Wildman–Crippen LogP) is 14.2. The van der Waals surface area contributed by atoms with Crippen molar-refractivity contribution in [1.29, 1.82) is 0 Å². The zero-order valence-corrected chi connectivity index (χ0v) is 27.4. The fourth-order valence-corrected chi connectivity index (χ4v) is 8.74. The topological polar surface area (TPSA) is 0 Å². The van der Waals surface area contributed by atoms with Crippen LogP contribution in [0.4, 0.5) is 0 Å². The smallest absolute Gasteiger partial charge is 0.0638 e. The van der Waals surface area contributed by atoms with Gasteiger partial charge < -0.3 is 0 Å². The monoisotopic (exact) mass is 640 g/mol. The van der Waals surface area contributed by atoms with Crippen LogP contribution in [0.15, 0.2) is 182 Å². The second-order valence-electron chi connectivity index (χ2n) is 12.7. The lowest BCUT2D eigenvalue weighted by atomic mass is 9.85. The lowest BCUT2D eigenvalue weighted by Crippen LogP contribution is -1.91. The third-order valence-corrected chi connectivity index (χ3v) is 11.0. The molecule has 10 aromatic rings. The quantitative estimate of drug-likeness (QED) is 0.168. The van der Waals surface area contributed by atoms with Crippen LogP contribution in [-0.2, 0) is 0 Å². The van der Waals surface area contributed by atoms with Crippen molar-refractivity contribution in [2.45, 2.75) is 0 Å². The van der Waals surface area contributed by atoms with Gasteiger partial charge in [0, 0.05) is 20.2 Å². The molecule has 0 radical (unpaired) electrons. The average molecular weight is 641 g/mol. The molecule has 0 nitrogen and oxygen atoms in total. The van der Waals surface area contributed by atoms with Crippen molar-refractivity contribution >= 4 is 63.8 Å². The minimum Gasteiger partial charge on any atom is -0.135 e. The first kappa shape index (κ1) is 26.0. The van der Waals surface area contributed by atoms with Crippen LogP contribution in [0, 0.1) is 0 Å². The van der Waals surface area contributed by atoms with E-state index in [9.17, 15) is 0 Å². The Morgan fingerprint density at radius 3 is 1.57 bits per heavy atom. The van der Waals surface area contributed by atoms with E-state index < -0.39 is 0 Å². The van der Waals surface area contributed by atoms with Crippen LogP contribution in [-0.4, -0.2) is 0 Å². The molecule has 1 heterocycles. The molecule has 0 atom stereocenters. The molecule has 9 aromatic carbocycles. The van der Waals surface area contributed by atoms with E-state index >= 15 is 0 Å². The van der Waals surface area contributed by atoms with Crippen LogP contribution >= 0.6 is 11.3 Å². The number of hydrogen-bond acceptors (Lipinski definition) is 1. The Kier molecular flexibility index (Phi) is 6.00. The summed E-state index contributed by atoms with van der Waals surface area (Å²) in [5, 5.41) is 9.55. The Labute approximate surface area is 292 Å². The normalized spacial score (nSPS) is 12.2. The molecule has 0 saturated carbocycles. The van der Waals surface area contributed by atoms with E-state index in [1.807, 2.05) is 24.3 Å².